The van der Waals surface area contributed by atoms with Crippen LogP contribution in [0.2, 0.25) is 18.1 Å². The molecule has 0 fully saturated rings. The molecule has 236 valence electrons. The van der Waals surface area contributed by atoms with Gasteiger partial charge in [0.25, 0.3) is 5.91 Å². The highest BCUT2D eigenvalue weighted by Gasteiger charge is 2.40. The second-order valence-electron chi connectivity index (χ2n) is 13.4. The maximum Gasteiger partial charge on any atom is 0.514 e. The van der Waals surface area contributed by atoms with Crippen molar-refractivity contribution >= 4 is 26.0 Å². The van der Waals surface area contributed by atoms with Gasteiger partial charge in [-0.05, 0) is 92.7 Å². The summed E-state index contributed by atoms with van der Waals surface area (Å²) in [5.74, 6) is 0.0142. The summed E-state index contributed by atoms with van der Waals surface area (Å²) in [6.07, 6.45) is 0.985. The van der Waals surface area contributed by atoms with Gasteiger partial charge >= 0.3 is 6.16 Å². The molecule has 0 aliphatic carbocycles. The summed E-state index contributed by atoms with van der Waals surface area (Å²) in [6, 6.07) is 9.61. The molecule has 2 aromatic carbocycles. The van der Waals surface area contributed by atoms with Gasteiger partial charge in [0.15, 0.2) is 19.8 Å². The Kier molecular flexibility index (Phi) is 10.4. The number of ether oxygens (including phenoxy) is 3. The molecule has 43 heavy (non-hydrogen) atoms. The minimum Gasteiger partial charge on any atom is -0.504 e. The summed E-state index contributed by atoms with van der Waals surface area (Å²) in [5.41, 5.74) is 1.68. The van der Waals surface area contributed by atoms with Gasteiger partial charge in [-0.3, -0.25) is 4.79 Å². The molecule has 10 heteroatoms. The summed E-state index contributed by atoms with van der Waals surface area (Å²) < 4.78 is 22.4. The standard InChI is InChI=1S/C33H47NO8Si/c1-11-27(35)25-17-28(36)29(39-8)18-26(25)30(37)34-19-22(16-23(34)20-40-43(9,10)33(5,6)7)21-12-14-24(15-13-21)41-31(38)42-32(2,3)4/h12-15,17-19,23,27,35-36H,11,16,20H2,1-10H3. The number of hydrogen-bond donors (Lipinski definition) is 2. The largest absolute Gasteiger partial charge is 0.514 e. The minimum absolute atomic E-state index is 0.0105. The van der Waals surface area contributed by atoms with Gasteiger partial charge in [-0.1, -0.05) is 39.8 Å². The van der Waals surface area contributed by atoms with Crippen LogP contribution in [0.4, 0.5) is 4.79 Å². The molecule has 3 rings (SSSR count). The molecule has 1 amide bonds. The Bertz CT molecular complexity index is 1340. The number of aromatic hydroxyl groups is 1. The molecule has 0 bridgehead atoms. The third kappa shape index (κ3) is 8.40. The van der Waals surface area contributed by atoms with Crippen molar-refractivity contribution < 1.29 is 38.4 Å². The van der Waals surface area contributed by atoms with E-state index in [-0.39, 0.29) is 34.0 Å². The van der Waals surface area contributed by atoms with Gasteiger partial charge in [-0.2, -0.15) is 0 Å². The Morgan fingerprint density at radius 1 is 1.07 bits per heavy atom. The van der Waals surface area contributed by atoms with Crippen LogP contribution in [0.15, 0.2) is 42.6 Å². The average Bonchev–Trinajstić information content (AvgIpc) is 3.34. The smallest absolute Gasteiger partial charge is 0.504 e. The third-order valence-corrected chi connectivity index (χ3v) is 12.5. The highest BCUT2D eigenvalue weighted by atomic mass is 28.4. The van der Waals surface area contributed by atoms with Gasteiger partial charge in [0.2, 0.25) is 0 Å². The summed E-state index contributed by atoms with van der Waals surface area (Å²) in [4.78, 5) is 27.9. The van der Waals surface area contributed by atoms with E-state index in [2.05, 4.69) is 33.9 Å². The summed E-state index contributed by atoms with van der Waals surface area (Å²) in [7, 11) is -0.713. The van der Waals surface area contributed by atoms with Gasteiger partial charge in [-0.15, -0.1) is 0 Å². The Labute approximate surface area is 256 Å². The zero-order valence-corrected chi connectivity index (χ0v) is 28.1. The SMILES string of the molecule is CCC(O)c1cc(O)c(OC)cc1C(=O)N1C=C(c2ccc(OC(=O)OC(C)(C)C)cc2)CC1CO[Si](C)(C)C(C)(C)C. The molecule has 1 heterocycles. The normalized spacial score (nSPS) is 16.5. The van der Waals surface area contributed by atoms with Gasteiger partial charge < -0.3 is 33.7 Å². The minimum atomic E-state index is -2.13. The lowest BCUT2D eigenvalue weighted by Gasteiger charge is -2.38. The molecule has 0 saturated heterocycles. The average molecular weight is 614 g/mol. The van der Waals surface area contributed by atoms with E-state index in [1.807, 2.05) is 18.3 Å². The maximum absolute atomic E-state index is 14.2. The van der Waals surface area contributed by atoms with Crippen molar-refractivity contribution in [2.75, 3.05) is 13.7 Å². The summed E-state index contributed by atoms with van der Waals surface area (Å²) in [6.45, 7) is 18.3. The van der Waals surface area contributed by atoms with Gasteiger partial charge in [0.05, 0.1) is 25.9 Å². The number of carbonyl (C=O) groups is 2. The van der Waals surface area contributed by atoms with Crippen molar-refractivity contribution in [1.82, 2.24) is 4.90 Å². The lowest BCUT2D eigenvalue weighted by Crippen LogP contribution is -2.45. The molecule has 2 aromatic rings. The Hall–Kier alpha value is -3.34. The summed E-state index contributed by atoms with van der Waals surface area (Å²) >= 11 is 0. The lowest BCUT2D eigenvalue weighted by atomic mass is 9.98. The van der Waals surface area contributed by atoms with E-state index in [0.717, 1.165) is 11.1 Å². The van der Waals surface area contributed by atoms with Crippen LogP contribution in [0.5, 0.6) is 17.2 Å². The molecule has 1 aliphatic rings. The number of rotatable bonds is 9. The fraction of sp³-hybridized carbons (Fsp3) is 0.515. The second-order valence-corrected chi connectivity index (χ2v) is 18.2. The Morgan fingerprint density at radius 2 is 1.70 bits per heavy atom. The second kappa shape index (κ2) is 13.1. The number of phenolic OH excluding ortho intramolecular Hbond substituents is 1. The molecule has 0 radical (unpaired) electrons. The van der Waals surface area contributed by atoms with Crippen LogP contribution in [-0.2, 0) is 9.16 Å². The van der Waals surface area contributed by atoms with Crippen molar-refractivity contribution in [3.05, 3.63) is 59.3 Å². The molecule has 2 atom stereocenters. The first kappa shape index (κ1) is 34.2. The lowest BCUT2D eigenvalue weighted by molar-refractivity contribution is 0.0206. The van der Waals surface area contributed by atoms with Crippen LogP contribution < -0.4 is 9.47 Å². The number of benzene rings is 2. The van der Waals surface area contributed by atoms with Crippen LogP contribution in [0.1, 0.15) is 88.9 Å². The zero-order valence-electron chi connectivity index (χ0n) is 27.1. The van der Waals surface area contributed by atoms with E-state index >= 15 is 0 Å². The first-order valence-corrected chi connectivity index (χ1v) is 17.5. The monoisotopic (exact) mass is 613 g/mol. The van der Waals surface area contributed by atoms with E-state index in [0.29, 0.717) is 30.8 Å². The first-order chi connectivity index (χ1) is 19.9. The van der Waals surface area contributed by atoms with Crippen LogP contribution in [0.3, 0.4) is 0 Å². The van der Waals surface area contributed by atoms with Crippen molar-refractivity contribution in [3.63, 3.8) is 0 Å². The van der Waals surface area contributed by atoms with Gasteiger partial charge in [0, 0.05) is 11.8 Å². The number of aliphatic hydroxyl groups excluding tert-OH is 1. The molecule has 0 aromatic heterocycles. The van der Waals surface area contributed by atoms with E-state index < -0.39 is 26.2 Å². The maximum atomic E-state index is 14.2. The number of phenols is 1. The molecular weight excluding hydrogens is 566 g/mol. The number of hydrogen-bond acceptors (Lipinski definition) is 8. The third-order valence-electron chi connectivity index (χ3n) is 7.96. The van der Waals surface area contributed by atoms with Crippen molar-refractivity contribution in [2.24, 2.45) is 0 Å². The Balaban J connectivity index is 1.97. The number of methoxy groups -OCH3 is 1. The first-order valence-electron chi connectivity index (χ1n) is 14.6. The predicted octanol–water partition coefficient (Wildman–Crippen LogP) is 7.44. The van der Waals surface area contributed by atoms with Crippen LogP contribution in [0.25, 0.3) is 5.57 Å². The van der Waals surface area contributed by atoms with Crippen LogP contribution >= 0.6 is 0 Å². The molecule has 1 aliphatic heterocycles. The molecular formula is C33H47NO8Si. The molecule has 2 unspecified atom stereocenters. The van der Waals surface area contributed by atoms with E-state index in [4.69, 9.17) is 18.6 Å². The number of nitrogens with zero attached hydrogens (tertiary/aromatic N) is 1. The van der Waals surface area contributed by atoms with Crippen molar-refractivity contribution in [3.8, 4) is 17.2 Å². The highest BCUT2D eigenvalue weighted by molar-refractivity contribution is 6.74. The fourth-order valence-electron chi connectivity index (χ4n) is 4.43. The molecule has 0 spiro atoms. The predicted molar refractivity (Wildman–Crippen MR) is 169 cm³/mol. The molecule has 9 nitrogen and oxygen atoms in total. The van der Waals surface area contributed by atoms with Crippen LogP contribution in [-0.4, -0.2) is 60.9 Å². The fourth-order valence-corrected chi connectivity index (χ4v) is 5.47. The van der Waals surface area contributed by atoms with E-state index in [1.165, 1.54) is 19.2 Å². The topological polar surface area (TPSA) is 115 Å². The molecule has 0 saturated carbocycles. The zero-order chi connectivity index (χ0) is 32.3. The van der Waals surface area contributed by atoms with E-state index in [9.17, 15) is 19.8 Å². The summed E-state index contributed by atoms with van der Waals surface area (Å²) in [5, 5.41) is 21.1. The van der Waals surface area contributed by atoms with Crippen molar-refractivity contribution in [2.45, 2.75) is 97.2 Å². The van der Waals surface area contributed by atoms with Gasteiger partial charge in [0.1, 0.15) is 11.4 Å². The van der Waals surface area contributed by atoms with Crippen LogP contribution in [0, 0.1) is 0 Å². The quantitative estimate of drug-likeness (QED) is 0.170. The number of amides is 1. The molecule has 2 N–H and O–H groups in total. The number of carbonyl (C=O) groups excluding carboxylic acids is 2. The van der Waals surface area contributed by atoms with Gasteiger partial charge in [-0.25, -0.2) is 4.79 Å². The highest BCUT2D eigenvalue weighted by Crippen LogP contribution is 2.40. The number of aliphatic hydroxyl groups is 1. The van der Waals surface area contributed by atoms with E-state index in [1.54, 1.807) is 44.7 Å². The van der Waals surface area contributed by atoms with Crippen molar-refractivity contribution in [1.29, 1.82) is 0 Å². The Morgan fingerprint density at radius 3 is 2.23 bits per heavy atom.